The van der Waals surface area contributed by atoms with Gasteiger partial charge in [0, 0.05) is 10.7 Å². The van der Waals surface area contributed by atoms with Gasteiger partial charge in [0.1, 0.15) is 0 Å². The van der Waals surface area contributed by atoms with Gasteiger partial charge >= 0.3 is 5.97 Å². The van der Waals surface area contributed by atoms with Crippen LogP contribution in [-0.4, -0.2) is 41.5 Å². The fraction of sp³-hybridized carbons (Fsp3) is 0.417. The molecule has 6 heteroatoms. The topological polar surface area (TPSA) is 78.8 Å². The molecule has 2 atom stereocenters. The Morgan fingerprint density at radius 2 is 2.22 bits per heavy atom. The summed E-state index contributed by atoms with van der Waals surface area (Å²) in [6.07, 6.45) is -0.600. The molecule has 1 aromatic rings. The molecule has 1 saturated heterocycles. The van der Waals surface area contributed by atoms with Crippen molar-refractivity contribution in [2.45, 2.75) is 19.1 Å². The molecule has 0 aliphatic carbocycles. The van der Waals surface area contributed by atoms with E-state index in [-0.39, 0.29) is 18.2 Å². The van der Waals surface area contributed by atoms with Gasteiger partial charge in [-0.25, -0.2) is 4.79 Å². The highest BCUT2D eigenvalue weighted by Crippen LogP contribution is 2.26. The fourth-order valence-electron chi connectivity index (χ4n) is 1.93. The average molecular weight is 272 g/mol. The molecule has 3 N–H and O–H groups in total. The van der Waals surface area contributed by atoms with Crippen LogP contribution in [0.2, 0.25) is 5.02 Å². The first-order valence-corrected chi connectivity index (χ1v) is 5.92. The zero-order valence-electron chi connectivity index (χ0n) is 9.81. The van der Waals surface area contributed by atoms with Crippen LogP contribution in [0.15, 0.2) is 12.1 Å². The molecule has 1 aliphatic heterocycles. The molecule has 0 unspecified atom stereocenters. The third-order valence-corrected chi connectivity index (χ3v) is 3.21. The molecule has 1 aromatic carbocycles. The van der Waals surface area contributed by atoms with Crippen molar-refractivity contribution in [1.29, 1.82) is 0 Å². The van der Waals surface area contributed by atoms with Crippen molar-refractivity contribution in [3.8, 4) is 0 Å². The molecule has 0 bridgehead atoms. The predicted molar refractivity (Wildman–Crippen MR) is 67.4 cm³/mol. The van der Waals surface area contributed by atoms with Gasteiger partial charge in [0.2, 0.25) is 0 Å². The largest absolute Gasteiger partial charge is 0.478 e. The standard InChI is InChI=1S/C12H14ClNO4/c1-6-8(12(16)17)2-7(13)3-9(6)14-10-4-18-5-11(10)15/h2-3,10-11,14-15H,4-5H2,1H3,(H,16,17)/t10-,11-/m1/s1. The minimum Gasteiger partial charge on any atom is -0.478 e. The van der Waals surface area contributed by atoms with Crippen molar-refractivity contribution in [1.82, 2.24) is 0 Å². The van der Waals surface area contributed by atoms with Crippen LogP contribution in [0.4, 0.5) is 5.69 Å². The van der Waals surface area contributed by atoms with Crippen LogP contribution >= 0.6 is 11.6 Å². The normalized spacial score (nSPS) is 23.1. The summed E-state index contributed by atoms with van der Waals surface area (Å²) in [6, 6.07) is 2.81. The Morgan fingerprint density at radius 1 is 1.50 bits per heavy atom. The first-order chi connectivity index (χ1) is 8.49. The third-order valence-electron chi connectivity index (χ3n) is 2.99. The van der Waals surface area contributed by atoms with E-state index in [1.165, 1.54) is 6.07 Å². The second kappa shape index (κ2) is 5.14. The number of rotatable bonds is 3. The van der Waals surface area contributed by atoms with Crippen molar-refractivity contribution in [3.63, 3.8) is 0 Å². The number of carbonyl (C=O) groups is 1. The number of benzene rings is 1. The number of hydrogen-bond acceptors (Lipinski definition) is 4. The smallest absolute Gasteiger partial charge is 0.336 e. The van der Waals surface area contributed by atoms with E-state index in [0.717, 1.165) is 0 Å². The highest BCUT2D eigenvalue weighted by Gasteiger charge is 2.27. The number of carboxylic acid groups (broad SMARTS) is 1. The maximum absolute atomic E-state index is 11.1. The van der Waals surface area contributed by atoms with E-state index in [0.29, 0.717) is 22.9 Å². The molecule has 0 saturated carbocycles. The molecule has 0 amide bonds. The first kappa shape index (κ1) is 13.1. The molecule has 5 nitrogen and oxygen atoms in total. The molecule has 0 aromatic heterocycles. The highest BCUT2D eigenvalue weighted by atomic mass is 35.5. The molecule has 1 fully saturated rings. The fourth-order valence-corrected chi connectivity index (χ4v) is 2.15. The Hall–Kier alpha value is -1.30. The minimum absolute atomic E-state index is 0.151. The molecular weight excluding hydrogens is 258 g/mol. The highest BCUT2D eigenvalue weighted by molar-refractivity contribution is 6.31. The van der Waals surface area contributed by atoms with Crippen LogP contribution in [0.5, 0.6) is 0 Å². The third kappa shape index (κ3) is 2.58. The van der Waals surface area contributed by atoms with Crippen molar-refractivity contribution in [3.05, 3.63) is 28.3 Å². The SMILES string of the molecule is Cc1c(N[C@@H]2COC[C@H]2O)cc(Cl)cc1C(=O)O. The quantitative estimate of drug-likeness (QED) is 0.777. The zero-order valence-corrected chi connectivity index (χ0v) is 10.6. The van der Waals surface area contributed by atoms with Crippen LogP contribution in [0.3, 0.4) is 0 Å². The summed E-state index contributed by atoms with van der Waals surface area (Å²) in [4.78, 5) is 11.1. The maximum Gasteiger partial charge on any atom is 0.336 e. The summed E-state index contributed by atoms with van der Waals surface area (Å²) in [5.41, 5.74) is 1.35. The van der Waals surface area contributed by atoms with E-state index in [1.807, 2.05) is 0 Å². The summed E-state index contributed by atoms with van der Waals surface area (Å²) in [5, 5.41) is 22.1. The van der Waals surface area contributed by atoms with Gasteiger partial charge in [-0.15, -0.1) is 0 Å². The van der Waals surface area contributed by atoms with Gasteiger partial charge in [-0.05, 0) is 24.6 Å². The van der Waals surface area contributed by atoms with Crippen molar-refractivity contribution in [2.24, 2.45) is 0 Å². The van der Waals surface area contributed by atoms with Crippen LogP contribution in [0.1, 0.15) is 15.9 Å². The Labute approximate surface area is 109 Å². The summed E-state index contributed by atoms with van der Waals surface area (Å²) in [6.45, 7) is 2.36. The maximum atomic E-state index is 11.1. The number of aliphatic hydroxyl groups is 1. The molecular formula is C12H14ClNO4. The van der Waals surface area contributed by atoms with E-state index in [1.54, 1.807) is 13.0 Å². The summed E-state index contributed by atoms with van der Waals surface area (Å²) < 4.78 is 5.13. The predicted octanol–water partition coefficient (Wildman–Crippen LogP) is 1.52. The van der Waals surface area contributed by atoms with E-state index >= 15 is 0 Å². The molecule has 98 valence electrons. The van der Waals surface area contributed by atoms with Gasteiger partial charge in [0.05, 0.1) is 30.9 Å². The Balaban J connectivity index is 2.29. The Bertz CT molecular complexity index is 477. The number of halogens is 1. The lowest BCUT2D eigenvalue weighted by Crippen LogP contribution is -2.32. The lowest BCUT2D eigenvalue weighted by Gasteiger charge is -2.19. The number of hydrogen-bond donors (Lipinski definition) is 3. The Morgan fingerprint density at radius 3 is 2.78 bits per heavy atom. The van der Waals surface area contributed by atoms with Gasteiger partial charge in [-0.2, -0.15) is 0 Å². The summed E-state index contributed by atoms with van der Waals surface area (Å²) in [7, 11) is 0. The van der Waals surface area contributed by atoms with Crippen LogP contribution in [0.25, 0.3) is 0 Å². The molecule has 2 rings (SSSR count). The van der Waals surface area contributed by atoms with Crippen molar-refractivity contribution < 1.29 is 19.7 Å². The van der Waals surface area contributed by atoms with Gasteiger partial charge in [-0.3, -0.25) is 0 Å². The second-order valence-electron chi connectivity index (χ2n) is 4.29. The number of carboxylic acids is 1. The van der Waals surface area contributed by atoms with Crippen molar-refractivity contribution >= 4 is 23.3 Å². The molecule has 0 spiro atoms. The average Bonchev–Trinajstić information content (AvgIpc) is 2.69. The number of anilines is 1. The Kier molecular flexibility index (Phi) is 3.75. The minimum atomic E-state index is -1.03. The monoisotopic (exact) mass is 271 g/mol. The van der Waals surface area contributed by atoms with Crippen LogP contribution < -0.4 is 5.32 Å². The van der Waals surface area contributed by atoms with Crippen LogP contribution in [-0.2, 0) is 4.74 Å². The number of aliphatic hydroxyl groups excluding tert-OH is 1. The van der Waals surface area contributed by atoms with Crippen molar-refractivity contribution in [2.75, 3.05) is 18.5 Å². The van der Waals surface area contributed by atoms with E-state index in [2.05, 4.69) is 5.32 Å². The molecule has 1 heterocycles. The first-order valence-electron chi connectivity index (χ1n) is 5.55. The summed E-state index contributed by atoms with van der Waals surface area (Å²) in [5.74, 6) is -1.03. The molecule has 18 heavy (non-hydrogen) atoms. The van der Waals surface area contributed by atoms with E-state index < -0.39 is 12.1 Å². The molecule has 0 radical (unpaired) electrons. The number of nitrogens with one attached hydrogen (secondary N) is 1. The summed E-state index contributed by atoms with van der Waals surface area (Å²) >= 11 is 5.89. The van der Waals surface area contributed by atoms with Gasteiger partial charge < -0.3 is 20.3 Å². The van der Waals surface area contributed by atoms with Crippen LogP contribution in [0, 0.1) is 6.92 Å². The zero-order chi connectivity index (χ0) is 13.3. The lowest BCUT2D eigenvalue weighted by atomic mass is 10.1. The van der Waals surface area contributed by atoms with E-state index in [4.69, 9.17) is 21.4 Å². The lowest BCUT2D eigenvalue weighted by molar-refractivity contribution is 0.0696. The van der Waals surface area contributed by atoms with Gasteiger partial charge in [-0.1, -0.05) is 11.6 Å². The second-order valence-corrected chi connectivity index (χ2v) is 4.72. The van der Waals surface area contributed by atoms with Gasteiger partial charge in [0.15, 0.2) is 0 Å². The number of ether oxygens (including phenoxy) is 1. The van der Waals surface area contributed by atoms with E-state index in [9.17, 15) is 9.90 Å². The molecule has 1 aliphatic rings. The number of aromatic carboxylic acids is 1. The van der Waals surface area contributed by atoms with Gasteiger partial charge in [0.25, 0.3) is 0 Å².